The Balaban J connectivity index is 2.27. The number of hydrogen-bond acceptors (Lipinski definition) is 4. The van der Waals surface area contributed by atoms with Crippen LogP contribution < -0.4 is 4.72 Å². The molecule has 3 N–H and O–H groups in total. The molecule has 1 atom stereocenters. The van der Waals surface area contributed by atoms with E-state index in [1.165, 1.54) is 0 Å². The van der Waals surface area contributed by atoms with Crippen LogP contribution in [-0.2, 0) is 10.0 Å². The molecule has 0 saturated heterocycles. The Hall–Kier alpha value is -1.58. The highest BCUT2D eigenvalue weighted by atomic mass is 32.2. The molecule has 0 radical (unpaired) electrons. The number of halogens is 2. The zero-order valence-corrected chi connectivity index (χ0v) is 11.5. The van der Waals surface area contributed by atoms with Gasteiger partial charge in [0.05, 0.1) is 6.10 Å². The van der Waals surface area contributed by atoms with Crippen molar-refractivity contribution in [1.29, 1.82) is 0 Å². The first-order valence-corrected chi connectivity index (χ1v) is 7.61. The van der Waals surface area contributed by atoms with Crippen molar-refractivity contribution in [2.75, 3.05) is 6.54 Å². The molecule has 1 aliphatic carbocycles. The minimum absolute atomic E-state index is 0.0142. The van der Waals surface area contributed by atoms with Gasteiger partial charge in [0.15, 0.2) is 5.82 Å². The second-order valence-corrected chi connectivity index (χ2v) is 6.53. The molecule has 0 aliphatic heterocycles. The third-order valence-electron chi connectivity index (χ3n) is 3.21. The fourth-order valence-electron chi connectivity index (χ4n) is 1.86. The topological polar surface area (TPSA) is 104 Å². The lowest BCUT2D eigenvalue weighted by molar-refractivity contribution is 0.0685. The first kappa shape index (κ1) is 15.8. The second-order valence-electron chi connectivity index (χ2n) is 4.80. The van der Waals surface area contributed by atoms with E-state index in [0.29, 0.717) is 12.1 Å². The monoisotopic (exact) mass is 321 g/mol. The number of aliphatic hydroxyl groups excluding tert-OH is 1. The Labute approximate surface area is 119 Å². The average Bonchev–Trinajstić information content (AvgIpc) is 3.19. The van der Waals surface area contributed by atoms with Crippen LogP contribution in [0.25, 0.3) is 0 Å². The molecule has 9 heteroatoms. The molecule has 2 rings (SSSR count). The van der Waals surface area contributed by atoms with Gasteiger partial charge in [-0.3, -0.25) is 0 Å². The largest absolute Gasteiger partial charge is 0.477 e. The summed E-state index contributed by atoms with van der Waals surface area (Å²) in [4.78, 5) is 9.78. The van der Waals surface area contributed by atoms with Gasteiger partial charge in [0.25, 0.3) is 0 Å². The summed E-state index contributed by atoms with van der Waals surface area (Å²) in [7, 11) is -4.38. The molecule has 1 unspecified atom stereocenters. The summed E-state index contributed by atoms with van der Waals surface area (Å²) in [6.45, 7) is -0.313. The quantitative estimate of drug-likeness (QED) is 0.716. The molecule has 0 amide bonds. The Morgan fingerprint density at radius 2 is 2.00 bits per heavy atom. The summed E-state index contributed by atoms with van der Waals surface area (Å²) in [5.74, 6) is -4.92. The van der Waals surface area contributed by atoms with Crippen LogP contribution in [-0.4, -0.2) is 37.2 Å². The van der Waals surface area contributed by atoms with Crippen molar-refractivity contribution >= 4 is 16.0 Å². The summed E-state index contributed by atoms with van der Waals surface area (Å²) in [6.07, 6.45) is 0.690. The lowest BCUT2D eigenvalue weighted by Gasteiger charge is -2.12. The molecule has 0 heterocycles. The predicted molar refractivity (Wildman–Crippen MR) is 67.2 cm³/mol. The maximum absolute atomic E-state index is 13.9. The summed E-state index contributed by atoms with van der Waals surface area (Å²) in [5.41, 5.74) is -1.33. The predicted octanol–water partition coefficient (Wildman–Crippen LogP) is 0.712. The van der Waals surface area contributed by atoms with E-state index in [0.717, 1.165) is 12.8 Å². The third-order valence-corrected chi connectivity index (χ3v) is 4.65. The van der Waals surface area contributed by atoms with E-state index in [9.17, 15) is 27.1 Å². The van der Waals surface area contributed by atoms with Crippen molar-refractivity contribution in [2.24, 2.45) is 5.92 Å². The first-order valence-electron chi connectivity index (χ1n) is 6.13. The summed E-state index contributed by atoms with van der Waals surface area (Å²) in [5, 5.41) is 18.3. The molecule has 21 heavy (non-hydrogen) atoms. The number of rotatable bonds is 6. The maximum Gasteiger partial charge on any atom is 0.341 e. The van der Waals surface area contributed by atoms with Gasteiger partial charge >= 0.3 is 5.97 Å². The van der Waals surface area contributed by atoms with Crippen LogP contribution in [0.3, 0.4) is 0 Å². The number of nitrogens with one attached hydrogen (secondary N) is 1. The first-order chi connectivity index (χ1) is 9.74. The molecule has 1 aromatic carbocycles. The Kier molecular flexibility index (Phi) is 4.26. The molecule has 0 spiro atoms. The van der Waals surface area contributed by atoms with Gasteiger partial charge in [-0.05, 0) is 30.9 Å². The minimum Gasteiger partial charge on any atom is -0.477 e. The van der Waals surface area contributed by atoms with E-state index in [1.54, 1.807) is 0 Å². The lowest BCUT2D eigenvalue weighted by Crippen LogP contribution is -2.34. The molecule has 1 aliphatic rings. The molecule has 1 saturated carbocycles. The van der Waals surface area contributed by atoms with E-state index >= 15 is 0 Å². The van der Waals surface area contributed by atoms with Crippen LogP contribution >= 0.6 is 0 Å². The second kappa shape index (κ2) is 5.66. The fourth-order valence-corrected chi connectivity index (χ4v) is 2.99. The van der Waals surface area contributed by atoms with Crippen LogP contribution in [0.4, 0.5) is 8.78 Å². The van der Waals surface area contributed by atoms with E-state index in [1.807, 2.05) is 4.72 Å². The molecule has 0 aromatic heterocycles. The van der Waals surface area contributed by atoms with Crippen molar-refractivity contribution in [2.45, 2.75) is 23.8 Å². The van der Waals surface area contributed by atoms with E-state index < -0.39 is 44.2 Å². The van der Waals surface area contributed by atoms with Crippen molar-refractivity contribution in [3.05, 3.63) is 29.3 Å². The van der Waals surface area contributed by atoms with Gasteiger partial charge in [-0.1, -0.05) is 0 Å². The number of benzene rings is 1. The highest BCUT2D eigenvalue weighted by molar-refractivity contribution is 7.89. The van der Waals surface area contributed by atoms with Crippen molar-refractivity contribution in [3.63, 3.8) is 0 Å². The normalized spacial score (nSPS) is 16.7. The zero-order chi connectivity index (χ0) is 15.8. The van der Waals surface area contributed by atoms with Crippen molar-refractivity contribution in [1.82, 2.24) is 4.72 Å². The standard InChI is InChI=1S/C12H13F2NO5S/c13-7-3-4-9(11(14)10(7)12(17)18)21(19,20)15-5-8(16)6-1-2-6/h3-4,6,8,15-16H,1-2,5H2,(H,17,18). The molecular weight excluding hydrogens is 308 g/mol. The van der Waals surface area contributed by atoms with Crippen LogP contribution in [0, 0.1) is 17.6 Å². The summed E-state index contributed by atoms with van der Waals surface area (Å²) >= 11 is 0. The minimum atomic E-state index is -4.38. The molecular formula is C12H13F2NO5S. The number of carboxylic acid groups (broad SMARTS) is 1. The van der Waals surface area contributed by atoms with E-state index in [4.69, 9.17) is 5.11 Å². The van der Waals surface area contributed by atoms with Crippen molar-refractivity contribution < 1.29 is 32.2 Å². The van der Waals surface area contributed by atoms with Crippen molar-refractivity contribution in [3.8, 4) is 0 Å². The van der Waals surface area contributed by atoms with E-state index in [2.05, 4.69) is 0 Å². The fraction of sp³-hybridized carbons (Fsp3) is 0.417. The van der Waals surface area contributed by atoms with Gasteiger partial charge in [-0.2, -0.15) is 0 Å². The number of hydrogen-bond donors (Lipinski definition) is 3. The van der Waals surface area contributed by atoms with Gasteiger partial charge in [0.1, 0.15) is 16.3 Å². The summed E-state index contributed by atoms with van der Waals surface area (Å²) < 4.78 is 52.9. The lowest BCUT2D eigenvalue weighted by atomic mass is 10.2. The Morgan fingerprint density at radius 1 is 1.38 bits per heavy atom. The third kappa shape index (κ3) is 3.36. The maximum atomic E-state index is 13.9. The van der Waals surface area contributed by atoms with Gasteiger partial charge in [-0.15, -0.1) is 0 Å². The van der Waals surface area contributed by atoms with Gasteiger partial charge in [0, 0.05) is 6.54 Å². The van der Waals surface area contributed by atoms with Crippen LogP contribution in [0.5, 0.6) is 0 Å². The molecule has 1 fully saturated rings. The van der Waals surface area contributed by atoms with Crippen LogP contribution in [0.1, 0.15) is 23.2 Å². The number of aromatic carboxylic acids is 1. The molecule has 116 valence electrons. The van der Waals surface area contributed by atoms with Crippen LogP contribution in [0.2, 0.25) is 0 Å². The number of carboxylic acids is 1. The summed E-state index contributed by atoms with van der Waals surface area (Å²) in [6, 6.07) is 1.21. The Bertz CT molecular complexity index is 672. The van der Waals surface area contributed by atoms with Gasteiger partial charge in [0.2, 0.25) is 10.0 Å². The van der Waals surface area contributed by atoms with E-state index in [-0.39, 0.29) is 12.5 Å². The number of sulfonamides is 1. The number of carbonyl (C=O) groups is 1. The highest BCUT2D eigenvalue weighted by Gasteiger charge is 2.32. The molecule has 1 aromatic rings. The zero-order valence-electron chi connectivity index (χ0n) is 10.7. The Morgan fingerprint density at radius 3 is 2.52 bits per heavy atom. The molecule has 0 bridgehead atoms. The average molecular weight is 321 g/mol. The SMILES string of the molecule is O=C(O)c1c(F)ccc(S(=O)(=O)NCC(O)C2CC2)c1F. The van der Waals surface area contributed by atoms with Gasteiger partial charge < -0.3 is 10.2 Å². The number of aliphatic hydroxyl groups is 1. The smallest absolute Gasteiger partial charge is 0.341 e. The van der Waals surface area contributed by atoms with Crippen LogP contribution in [0.15, 0.2) is 17.0 Å². The highest BCUT2D eigenvalue weighted by Crippen LogP contribution is 2.32. The molecule has 6 nitrogen and oxygen atoms in total. The van der Waals surface area contributed by atoms with Gasteiger partial charge in [-0.25, -0.2) is 26.7 Å².